The van der Waals surface area contributed by atoms with Gasteiger partial charge in [0.1, 0.15) is 10.6 Å². The highest BCUT2D eigenvalue weighted by molar-refractivity contribution is 7.89. The Kier molecular flexibility index (Phi) is 5.57. The van der Waals surface area contributed by atoms with E-state index in [1.165, 1.54) is 0 Å². The lowest BCUT2D eigenvalue weighted by molar-refractivity contribution is 0.256. The first-order valence-corrected chi connectivity index (χ1v) is 12.3. The number of rotatable bonds is 7. The van der Waals surface area contributed by atoms with E-state index in [0.717, 1.165) is 33.2 Å². The van der Waals surface area contributed by atoms with E-state index in [4.69, 9.17) is 10.5 Å². The molecule has 7 nitrogen and oxygen atoms in total. The van der Waals surface area contributed by atoms with Crippen LogP contribution in [0.1, 0.15) is 11.1 Å². The van der Waals surface area contributed by atoms with Crippen molar-refractivity contribution in [2.45, 2.75) is 23.8 Å². The second-order valence-electron chi connectivity index (χ2n) is 8.25. The molecule has 0 aliphatic carbocycles. The Bertz CT molecular complexity index is 1410. The monoisotopic (exact) mass is 463 g/mol. The number of hydrogen-bond acceptors (Lipinski definition) is 5. The van der Waals surface area contributed by atoms with Crippen molar-refractivity contribution in [3.05, 3.63) is 78.0 Å². The molecule has 5 rings (SSSR count). The maximum atomic E-state index is 13.5. The summed E-state index contributed by atoms with van der Waals surface area (Å²) in [6.45, 7) is 0.0985. The summed E-state index contributed by atoms with van der Waals surface area (Å²) >= 11 is 0. The molecule has 0 spiro atoms. The van der Waals surface area contributed by atoms with E-state index in [1.807, 2.05) is 48.7 Å². The van der Waals surface area contributed by atoms with Crippen molar-refractivity contribution in [1.29, 1.82) is 0 Å². The predicted molar refractivity (Wildman–Crippen MR) is 129 cm³/mol. The minimum absolute atomic E-state index is 0.0849. The number of ether oxygens (including phenoxy) is 1. The fourth-order valence-corrected chi connectivity index (χ4v) is 5.75. The molecular formula is C25H25N3O4S. The predicted octanol–water partition coefficient (Wildman–Crippen LogP) is 3.23. The number of para-hydroxylation sites is 1. The third-order valence-corrected chi connectivity index (χ3v) is 7.49. The van der Waals surface area contributed by atoms with E-state index >= 15 is 0 Å². The summed E-state index contributed by atoms with van der Waals surface area (Å²) in [5.41, 5.74) is 10.8. The first-order chi connectivity index (χ1) is 15.9. The summed E-state index contributed by atoms with van der Waals surface area (Å²) in [7, 11) is -3.96. The summed E-state index contributed by atoms with van der Waals surface area (Å²) < 4.78 is 35.3. The molecule has 0 fully saturated rings. The van der Waals surface area contributed by atoms with Crippen LogP contribution in [0.3, 0.4) is 0 Å². The third-order valence-electron chi connectivity index (χ3n) is 5.97. The molecule has 0 radical (unpaired) electrons. The van der Waals surface area contributed by atoms with Gasteiger partial charge in [-0.15, -0.1) is 0 Å². The van der Waals surface area contributed by atoms with Gasteiger partial charge in [0.05, 0.1) is 13.2 Å². The van der Waals surface area contributed by atoms with Gasteiger partial charge in [-0.05, 0) is 59.0 Å². The number of hydrogen-bond donors (Lipinski definition) is 4. The summed E-state index contributed by atoms with van der Waals surface area (Å²) in [6.07, 6.45) is 2.84. The van der Waals surface area contributed by atoms with Crippen LogP contribution in [-0.2, 0) is 22.9 Å². The lowest BCUT2D eigenvalue weighted by Crippen LogP contribution is -2.39. The number of fused-ring (bicyclic) bond motifs is 2. The zero-order valence-corrected chi connectivity index (χ0v) is 18.7. The van der Waals surface area contributed by atoms with Crippen molar-refractivity contribution in [2.24, 2.45) is 0 Å². The fraction of sp³-hybridized carbons (Fsp3) is 0.200. The van der Waals surface area contributed by atoms with Crippen LogP contribution in [0.2, 0.25) is 0 Å². The highest BCUT2D eigenvalue weighted by Crippen LogP contribution is 2.37. The quantitative estimate of drug-likeness (QED) is 0.314. The number of aliphatic hydroxyl groups is 1. The smallest absolute Gasteiger partial charge is 0.244 e. The van der Waals surface area contributed by atoms with E-state index in [2.05, 4.69) is 9.71 Å². The first-order valence-electron chi connectivity index (χ1n) is 10.8. The summed E-state index contributed by atoms with van der Waals surface area (Å²) in [5, 5.41) is 11.0. The number of sulfonamides is 1. The molecule has 0 saturated heterocycles. The Labute approximate surface area is 192 Å². The lowest BCUT2D eigenvalue weighted by atomic mass is 10.0. The fourth-order valence-electron chi connectivity index (χ4n) is 4.31. The molecule has 33 heavy (non-hydrogen) atoms. The molecule has 170 valence electrons. The minimum Gasteiger partial charge on any atom is -0.492 e. The highest BCUT2D eigenvalue weighted by Gasteiger charge is 2.29. The number of nitrogens with two attached hydrogens (primary N) is 1. The first kappa shape index (κ1) is 21.5. The van der Waals surface area contributed by atoms with E-state index in [0.29, 0.717) is 30.9 Å². The van der Waals surface area contributed by atoms with E-state index in [9.17, 15) is 13.5 Å². The molecule has 1 aliphatic heterocycles. The maximum absolute atomic E-state index is 13.5. The minimum atomic E-state index is -3.96. The largest absolute Gasteiger partial charge is 0.492 e. The average molecular weight is 464 g/mol. The number of benzene rings is 3. The van der Waals surface area contributed by atoms with Crippen LogP contribution in [-0.4, -0.2) is 37.8 Å². The molecule has 0 bridgehead atoms. The highest BCUT2D eigenvalue weighted by atomic mass is 32.2. The van der Waals surface area contributed by atoms with Gasteiger partial charge in [0, 0.05) is 35.2 Å². The second kappa shape index (κ2) is 8.55. The molecule has 2 heterocycles. The van der Waals surface area contributed by atoms with Crippen LogP contribution in [0.5, 0.6) is 5.75 Å². The van der Waals surface area contributed by atoms with Gasteiger partial charge in [0.15, 0.2) is 0 Å². The number of anilines is 1. The number of aliphatic hydroxyl groups excluding tert-OH is 1. The second-order valence-corrected chi connectivity index (χ2v) is 9.93. The molecule has 0 saturated carbocycles. The zero-order chi connectivity index (χ0) is 23.0. The summed E-state index contributed by atoms with van der Waals surface area (Å²) in [4.78, 5) is 3.27. The van der Waals surface area contributed by atoms with Crippen LogP contribution in [0.4, 0.5) is 5.69 Å². The molecule has 1 aliphatic rings. The maximum Gasteiger partial charge on any atom is 0.244 e. The molecule has 5 N–H and O–H groups in total. The number of nitrogens with one attached hydrogen (secondary N) is 2. The SMILES string of the molecule is Nc1ccc(-c2cc3c(c(S(=O)(=O)N[C@@H](CO)Cc4c[nH]c5ccccc45)c2)OCC3)cc1. The van der Waals surface area contributed by atoms with E-state index < -0.39 is 16.1 Å². The number of aromatic amines is 1. The molecular weight excluding hydrogens is 438 g/mol. The van der Waals surface area contributed by atoms with Gasteiger partial charge in [-0.2, -0.15) is 0 Å². The van der Waals surface area contributed by atoms with Crippen LogP contribution in [0.25, 0.3) is 22.0 Å². The zero-order valence-electron chi connectivity index (χ0n) is 17.9. The van der Waals surface area contributed by atoms with Crippen LogP contribution in [0, 0.1) is 0 Å². The van der Waals surface area contributed by atoms with Crippen molar-refractivity contribution in [1.82, 2.24) is 9.71 Å². The lowest BCUT2D eigenvalue weighted by Gasteiger charge is -2.18. The summed E-state index contributed by atoms with van der Waals surface area (Å²) in [6, 6.07) is 18.0. The number of nitrogen functional groups attached to an aromatic ring is 1. The van der Waals surface area contributed by atoms with Gasteiger partial charge >= 0.3 is 0 Å². The Morgan fingerprint density at radius 3 is 2.67 bits per heavy atom. The number of aromatic nitrogens is 1. The third kappa shape index (κ3) is 4.20. The van der Waals surface area contributed by atoms with Gasteiger partial charge in [0.2, 0.25) is 10.0 Å². The van der Waals surface area contributed by atoms with Crippen molar-refractivity contribution in [3.8, 4) is 16.9 Å². The molecule has 0 amide bonds. The average Bonchev–Trinajstić information content (AvgIpc) is 3.45. The summed E-state index contributed by atoms with van der Waals surface area (Å²) in [5.74, 6) is 0.380. The van der Waals surface area contributed by atoms with Gasteiger partial charge in [-0.1, -0.05) is 30.3 Å². The van der Waals surface area contributed by atoms with Crippen molar-refractivity contribution in [3.63, 3.8) is 0 Å². The van der Waals surface area contributed by atoms with Crippen LogP contribution >= 0.6 is 0 Å². The topological polar surface area (TPSA) is 117 Å². The van der Waals surface area contributed by atoms with Crippen molar-refractivity contribution >= 4 is 26.6 Å². The molecule has 0 unspecified atom stereocenters. The van der Waals surface area contributed by atoms with Crippen LogP contribution < -0.4 is 15.2 Å². The molecule has 4 aromatic rings. The Balaban J connectivity index is 1.48. The van der Waals surface area contributed by atoms with Gasteiger partial charge in [0.25, 0.3) is 0 Å². The van der Waals surface area contributed by atoms with Crippen molar-refractivity contribution < 1.29 is 18.3 Å². The number of H-pyrrole nitrogens is 1. The van der Waals surface area contributed by atoms with Crippen LogP contribution in [0.15, 0.2) is 71.8 Å². The Hall–Kier alpha value is -3.33. The normalized spacial score (nSPS) is 14.2. The van der Waals surface area contributed by atoms with Gasteiger partial charge < -0.3 is 20.6 Å². The Morgan fingerprint density at radius 1 is 1.09 bits per heavy atom. The van der Waals surface area contributed by atoms with Gasteiger partial charge in [-0.25, -0.2) is 13.1 Å². The van der Waals surface area contributed by atoms with E-state index in [-0.39, 0.29) is 11.5 Å². The standard InChI is InChI=1S/C25H25N3O4S/c26-20-7-5-16(6-8-20)18-11-17-9-10-32-25(17)24(13-18)33(30,31)28-21(15-29)12-19-14-27-23-4-2-1-3-22(19)23/h1-8,11,13-14,21,27-29H,9-10,12,15,26H2/t21-/m1/s1. The molecule has 8 heteroatoms. The van der Waals surface area contributed by atoms with Gasteiger partial charge in [-0.3, -0.25) is 0 Å². The Morgan fingerprint density at radius 2 is 1.88 bits per heavy atom. The van der Waals surface area contributed by atoms with E-state index in [1.54, 1.807) is 18.2 Å². The molecule has 3 aromatic carbocycles. The molecule has 1 atom stereocenters. The van der Waals surface area contributed by atoms with Crippen molar-refractivity contribution in [2.75, 3.05) is 18.9 Å². The molecule has 1 aromatic heterocycles.